The standard InChI is InChI=1S/C15H24N2O2.ClH/c1-11(2)13-5-4-6-14(9-13)19-10-15(18)17-8-7-12(3)16;/h4-6,9,11-12H,7-8,10,16H2,1-3H3,(H,17,18);1H. The molecule has 0 bridgehead atoms. The van der Waals surface area contributed by atoms with Crippen LogP contribution in [-0.4, -0.2) is 25.1 Å². The van der Waals surface area contributed by atoms with Crippen molar-refractivity contribution in [2.45, 2.75) is 39.2 Å². The van der Waals surface area contributed by atoms with Crippen LogP contribution in [0.5, 0.6) is 5.75 Å². The summed E-state index contributed by atoms with van der Waals surface area (Å²) >= 11 is 0. The van der Waals surface area contributed by atoms with E-state index in [0.29, 0.717) is 12.5 Å². The Kier molecular flexibility index (Phi) is 9.01. The summed E-state index contributed by atoms with van der Waals surface area (Å²) in [6.45, 7) is 6.80. The molecule has 4 nitrogen and oxygen atoms in total. The van der Waals surface area contributed by atoms with Crippen molar-refractivity contribution in [1.29, 1.82) is 0 Å². The number of nitrogens with two attached hydrogens (primary N) is 1. The molecule has 1 aromatic rings. The smallest absolute Gasteiger partial charge is 0.257 e. The molecule has 5 heteroatoms. The zero-order valence-corrected chi connectivity index (χ0v) is 13.2. The average molecular weight is 301 g/mol. The van der Waals surface area contributed by atoms with Gasteiger partial charge in [-0.05, 0) is 37.0 Å². The minimum absolute atomic E-state index is 0. The second-order valence-corrected chi connectivity index (χ2v) is 5.13. The number of nitrogens with one attached hydrogen (secondary N) is 1. The first-order chi connectivity index (χ1) is 8.99. The second-order valence-electron chi connectivity index (χ2n) is 5.13. The number of halogens is 1. The molecule has 1 rings (SSSR count). The lowest BCUT2D eigenvalue weighted by molar-refractivity contribution is -0.123. The van der Waals surface area contributed by atoms with Crippen molar-refractivity contribution in [1.82, 2.24) is 5.32 Å². The lowest BCUT2D eigenvalue weighted by Gasteiger charge is -2.10. The third kappa shape index (κ3) is 7.36. The molecular formula is C15H25ClN2O2. The zero-order valence-electron chi connectivity index (χ0n) is 12.4. The first kappa shape index (κ1) is 18.7. The van der Waals surface area contributed by atoms with Gasteiger partial charge in [-0.2, -0.15) is 0 Å². The van der Waals surface area contributed by atoms with E-state index in [-0.39, 0.29) is 31.0 Å². The normalized spacial score (nSPS) is 11.7. The Morgan fingerprint density at radius 1 is 1.35 bits per heavy atom. The van der Waals surface area contributed by atoms with E-state index in [1.54, 1.807) is 0 Å². The molecule has 0 saturated heterocycles. The van der Waals surface area contributed by atoms with Gasteiger partial charge in [0.25, 0.3) is 5.91 Å². The maximum absolute atomic E-state index is 11.5. The van der Waals surface area contributed by atoms with Crippen molar-refractivity contribution in [2.24, 2.45) is 5.73 Å². The van der Waals surface area contributed by atoms with Crippen LogP contribution >= 0.6 is 12.4 Å². The number of carbonyl (C=O) groups is 1. The topological polar surface area (TPSA) is 64.3 Å². The summed E-state index contributed by atoms with van der Waals surface area (Å²) in [6, 6.07) is 7.93. The fourth-order valence-electron chi connectivity index (χ4n) is 1.60. The lowest BCUT2D eigenvalue weighted by atomic mass is 10.0. The van der Waals surface area contributed by atoms with Gasteiger partial charge in [-0.15, -0.1) is 12.4 Å². The highest BCUT2D eigenvalue weighted by Crippen LogP contribution is 2.19. The van der Waals surface area contributed by atoms with Gasteiger partial charge in [0.15, 0.2) is 6.61 Å². The fraction of sp³-hybridized carbons (Fsp3) is 0.533. The van der Waals surface area contributed by atoms with E-state index >= 15 is 0 Å². The summed E-state index contributed by atoms with van der Waals surface area (Å²) in [7, 11) is 0. The fourth-order valence-corrected chi connectivity index (χ4v) is 1.60. The van der Waals surface area contributed by atoms with Crippen LogP contribution in [0.2, 0.25) is 0 Å². The maximum atomic E-state index is 11.5. The number of benzene rings is 1. The molecule has 0 aliphatic carbocycles. The Balaban J connectivity index is 0.00000361. The van der Waals surface area contributed by atoms with Gasteiger partial charge in [-0.1, -0.05) is 26.0 Å². The van der Waals surface area contributed by atoms with E-state index in [0.717, 1.165) is 12.2 Å². The highest BCUT2D eigenvalue weighted by atomic mass is 35.5. The van der Waals surface area contributed by atoms with Crippen molar-refractivity contribution in [3.8, 4) is 5.75 Å². The molecule has 1 unspecified atom stereocenters. The molecule has 0 aromatic heterocycles. The van der Waals surface area contributed by atoms with E-state index < -0.39 is 0 Å². The lowest BCUT2D eigenvalue weighted by Crippen LogP contribution is -2.32. The van der Waals surface area contributed by atoms with E-state index in [4.69, 9.17) is 10.5 Å². The largest absolute Gasteiger partial charge is 0.484 e. The van der Waals surface area contributed by atoms with Crippen LogP contribution in [0.25, 0.3) is 0 Å². The van der Waals surface area contributed by atoms with Crippen molar-refractivity contribution in [3.05, 3.63) is 29.8 Å². The van der Waals surface area contributed by atoms with Crippen LogP contribution in [0.3, 0.4) is 0 Å². The van der Waals surface area contributed by atoms with Gasteiger partial charge in [-0.3, -0.25) is 4.79 Å². The van der Waals surface area contributed by atoms with Crippen LogP contribution < -0.4 is 15.8 Å². The molecule has 20 heavy (non-hydrogen) atoms. The van der Waals surface area contributed by atoms with Crippen LogP contribution in [0.15, 0.2) is 24.3 Å². The number of ether oxygens (including phenoxy) is 1. The third-order valence-electron chi connectivity index (χ3n) is 2.82. The predicted molar refractivity (Wildman–Crippen MR) is 84.6 cm³/mol. The maximum Gasteiger partial charge on any atom is 0.257 e. The summed E-state index contributed by atoms with van der Waals surface area (Å²) in [5.41, 5.74) is 6.81. The number of carbonyl (C=O) groups excluding carboxylic acids is 1. The van der Waals surface area contributed by atoms with Gasteiger partial charge in [0, 0.05) is 12.6 Å². The summed E-state index contributed by atoms with van der Waals surface area (Å²) in [6.07, 6.45) is 0.772. The van der Waals surface area contributed by atoms with E-state index in [1.165, 1.54) is 5.56 Å². The van der Waals surface area contributed by atoms with Crippen molar-refractivity contribution in [2.75, 3.05) is 13.2 Å². The Labute approximate surface area is 127 Å². The first-order valence-corrected chi connectivity index (χ1v) is 6.74. The van der Waals surface area contributed by atoms with E-state index in [1.807, 2.05) is 25.1 Å². The van der Waals surface area contributed by atoms with E-state index in [9.17, 15) is 4.79 Å². The summed E-state index contributed by atoms with van der Waals surface area (Å²) in [4.78, 5) is 11.5. The molecule has 0 spiro atoms. The molecule has 3 N–H and O–H groups in total. The van der Waals surface area contributed by atoms with Crippen LogP contribution in [-0.2, 0) is 4.79 Å². The summed E-state index contributed by atoms with van der Waals surface area (Å²) in [5.74, 6) is 1.06. The second kappa shape index (κ2) is 9.61. The molecule has 114 valence electrons. The molecular weight excluding hydrogens is 276 g/mol. The zero-order chi connectivity index (χ0) is 14.3. The van der Waals surface area contributed by atoms with E-state index in [2.05, 4.69) is 25.2 Å². The minimum atomic E-state index is -0.115. The molecule has 0 aliphatic heterocycles. The Morgan fingerprint density at radius 2 is 2.05 bits per heavy atom. The third-order valence-corrected chi connectivity index (χ3v) is 2.82. The molecule has 0 heterocycles. The quantitative estimate of drug-likeness (QED) is 0.813. The van der Waals surface area contributed by atoms with Crippen molar-refractivity contribution < 1.29 is 9.53 Å². The Morgan fingerprint density at radius 3 is 2.65 bits per heavy atom. The Hall–Kier alpha value is -1.26. The number of amides is 1. The molecule has 1 aromatic carbocycles. The van der Waals surface area contributed by atoms with Gasteiger partial charge >= 0.3 is 0 Å². The highest BCUT2D eigenvalue weighted by Gasteiger charge is 2.05. The van der Waals surface area contributed by atoms with Gasteiger partial charge in [-0.25, -0.2) is 0 Å². The molecule has 1 atom stereocenters. The molecule has 0 saturated carbocycles. The molecule has 0 radical (unpaired) electrons. The predicted octanol–water partition coefficient (Wildman–Crippen LogP) is 2.46. The van der Waals surface area contributed by atoms with Crippen LogP contribution in [0, 0.1) is 0 Å². The molecule has 0 aliphatic rings. The SMILES string of the molecule is CC(N)CCNC(=O)COc1cccc(C(C)C)c1.Cl. The average Bonchev–Trinajstić information content (AvgIpc) is 2.36. The molecule has 1 amide bonds. The van der Waals surface area contributed by atoms with Crippen molar-refractivity contribution >= 4 is 18.3 Å². The number of hydrogen-bond donors (Lipinski definition) is 2. The molecule has 0 fully saturated rings. The number of rotatable bonds is 7. The van der Waals surface area contributed by atoms with Gasteiger partial charge in [0.05, 0.1) is 0 Å². The summed E-state index contributed by atoms with van der Waals surface area (Å²) in [5, 5.41) is 2.78. The Bertz CT molecular complexity index is 409. The van der Waals surface area contributed by atoms with Crippen LogP contribution in [0.1, 0.15) is 38.7 Å². The van der Waals surface area contributed by atoms with Gasteiger partial charge in [0.2, 0.25) is 0 Å². The van der Waals surface area contributed by atoms with Crippen molar-refractivity contribution in [3.63, 3.8) is 0 Å². The van der Waals surface area contributed by atoms with Gasteiger partial charge in [0.1, 0.15) is 5.75 Å². The summed E-state index contributed by atoms with van der Waals surface area (Å²) < 4.78 is 5.47. The first-order valence-electron chi connectivity index (χ1n) is 6.74. The highest BCUT2D eigenvalue weighted by molar-refractivity contribution is 5.85. The van der Waals surface area contributed by atoms with Crippen LogP contribution in [0.4, 0.5) is 0 Å². The van der Waals surface area contributed by atoms with Gasteiger partial charge < -0.3 is 15.8 Å². The number of hydrogen-bond acceptors (Lipinski definition) is 3. The monoisotopic (exact) mass is 300 g/mol. The minimum Gasteiger partial charge on any atom is -0.484 e.